The van der Waals surface area contributed by atoms with Gasteiger partial charge < -0.3 is 5.32 Å². The minimum absolute atomic E-state index is 0.287. The molecule has 10 heteroatoms. The van der Waals surface area contributed by atoms with Gasteiger partial charge in [0.2, 0.25) is 0 Å². The number of alkyl halides is 3. The number of thiophene rings is 1. The van der Waals surface area contributed by atoms with E-state index in [0.717, 1.165) is 37.8 Å². The van der Waals surface area contributed by atoms with Crippen LogP contribution in [0.5, 0.6) is 0 Å². The van der Waals surface area contributed by atoms with E-state index in [4.69, 9.17) is 0 Å². The molecule has 0 amide bonds. The second-order valence-corrected chi connectivity index (χ2v) is 6.99. The normalized spacial score (nSPS) is 12.0. The maximum atomic E-state index is 12.6. The quantitative estimate of drug-likeness (QED) is 0.563. The number of nitrogens with zero attached hydrogens (tertiary/aromatic N) is 5. The molecule has 0 bridgehead atoms. The predicted molar refractivity (Wildman–Crippen MR) is 96.6 cm³/mol. The highest BCUT2D eigenvalue weighted by atomic mass is 32.1. The Morgan fingerprint density at radius 3 is 2.59 bits per heavy atom. The van der Waals surface area contributed by atoms with Gasteiger partial charge in [-0.25, -0.2) is 9.97 Å². The molecule has 0 unspecified atom stereocenters. The summed E-state index contributed by atoms with van der Waals surface area (Å²) < 4.78 is 38.6. The lowest BCUT2D eigenvalue weighted by molar-refractivity contribution is -0.141. The van der Waals surface area contributed by atoms with E-state index in [1.807, 2.05) is 13.8 Å². The molecule has 138 valence electrons. The van der Waals surface area contributed by atoms with Crippen molar-refractivity contribution in [2.75, 3.05) is 5.32 Å². The number of aromatic nitrogens is 5. The maximum Gasteiger partial charge on any atom is 0.433 e. The molecule has 0 aliphatic rings. The van der Waals surface area contributed by atoms with Gasteiger partial charge in [-0.15, -0.1) is 16.4 Å². The third-order valence-corrected chi connectivity index (χ3v) is 5.31. The van der Waals surface area contributed by atoms with Gasteiger partial charge in [-0.1, -0.05) is 6.07 Å². The van der Waals surface area contributed by atoms with Crippen molar-refractivity contribution in [2.24, 2.45) is 0 Å². The van der Waals surface area contributed by atoms with Crippen molar-refractivity contribution in [3.63, 3.8) is 0 Å². The molecular formula is C17H13F3N6S. The lowest BCUT2D eigenvalue weighted by Gasteiger charge is -2.08. The molecule has 1 N–H and O–H groups in total. The zero-order valence-electron chi connectivity index (χ0n) is 14.3. The molecule has 0 saturated heterocycles. The van der Waals surface area contributed by atoms with Crippen molar-refractivity contribution in [1.29, 1.82) is 0 Å². The largest absolute Gasteiger partial charge is 0.433 e. The first-order valence-corrected chi connectivity index (χ1v) is 8.79. The van der Waals surface area contributed by atoms with Crippen LogP contribution in [0.15, 0.2) is 24.7 Å². The molecule has 0 spiro atoms. The molecule has 0 aromatic carbocycles. The second-order valence-electron chi connectivity index (χ2n) is 6.00. The fourth-order valence-electron chi connectivity index (χ4n) is 2.69. The standard InChI is InChI=1S/C17H13F3N6S/c1-8-9(2)25-26-16-12(8)13-14(27-16)15(24-7-23-13)22-6-10-3-4-11(21-5-10)17(18,19)20/h3-5,7H,6H2,1-2H3,(H,22,23,24). The predicted octanol–water partition coefficient (Wildman–Crippen LogP) is 4.28. The average Bonchev–Trinajstić information content (AvgIpc) is 3.02. The highest BCUT2D eigenvalue weighted by Crippen LogP contribution is 2.36. The molecule has 4 heterocycles. The molecule has 0 radical (unpaired) electrons. The van der Waals surface area contributed by atoms with Crippen molar-refractivity contribution in [3.05, 3.63) is 47.2 Å². The highest BCUT2D eigenvalue weighted by molar-refractivity contribution is 7.25. The summed E-state index contributed by atoms with van der Waals surface area (Å²) in [5.41, 5.74) is 2.34. The summed E-state index contributed by atoms with van der Waals surface area (Å²) in [6.07, 6.45) is -1.78. The van der Waals surface area contributed by atoms with Gasteiger partial charge in [0.15, 0.2) is 0 Å². The van der Waals surface area contributed by atoms with E-state index >= 15 is 0 Å². The molecule has 4 aromatic rings. The number of pyridine rings is 1. The molecule has 4 rings (SSSR count). The Labute approximate surface area is 155 Å². The summed E-state index contributed by atoms with van der Waals surface area (Å²) in [6, 6.07) is 2.36. The van der Waals surface area contributed by atoms with E-state index < -0.39 is 11.9 Å². The van der Waals surface area contributed by atoms with Gasteiger partial charge in [0.25, 0.3) is 0 Å². The van der Waals surface area contributed by atoms with Crippen LogP contribution in [0, 0.1) is 13.8 Å². The number of fused-ring (bicyclic) bond motifs is 3. The molecule has 0 aliphatic heterocycles. The monoisotopic (exact) mass is 390 g/mol. The van der Waals surface area contributed by atoms with Crippen LogP contribution in [0.25, 0.3) is 20.4 Å². The summed E-state index contributed by atoms with van der Waals surface area (Å²) in [7, 11) is 0. The van der Waals surface area contributed by atoms with Crippen molar-refractivity contribution in [2.45, 2.75) is 26.6 Å². The SMILES string of the molecule is Cc1nnc2sc3c(NCc4ccc(C(F)(F)F)nc4)ncnc3c2c1C. The Hall–Kier alpha value is -2.88. The van der Waals surface area contributed by atoms with Gasteiger partial charge in [-0.05, 0) is 31.0 Å². The maximum absolute atomic E-state index is 12.6. The smallest absolute Gasteiger partial charge is 0.365 e. The van der Waals surface area contributed by atoms with Crippen LogP contribution in [0.2, 0.25) is 0 Å². The number of hydrogen-bond donors (Lipinski definition) is 1. The van der Waals surface area contributed by atoms with Crippen LogP contribution >= 0.6 is 11.3 Å². The van der Waals surface area contributed by atoms with Crippen molar-refractivity contribution < 1.29 is 13.2 Å². The van der Waals surface area contributed by atoms with Crippen LogP contribution in [0.4, 0.5) is 19.0 Å². The van der Waals surface area contributed by atoms with Crippen LogP contribution in [0.1, 0.15) is 22.5 Å². The number of anilines is 1. The molecule has 6 nitrogen and oxygen atoms in total. The lowest BCUT2D eigenvalue weighted by atomic mass is 10.1. The van der Waals surface area contributed by atoms with Gasteiger partial charge >= 0.3 is 6.18 Å². The van der Waals surface area contributed by atoms with E-state index in [9.17, 15) is 13.2 Å². The zero-order chi connectivity index (χ0) is 19.2. The first-order chi connectivity index (χ1) is 12.8. The van der Waals surface area contributed by atoms with E-state index in [1.54, 1.807) is 0 Å². The Morgan fingerprint density at radius 1 is 1.07 bits per heavy atom. The van der Waals surface area contributed by atoms with Crippen molar-refractivity contribution in [1.82, 2.24) is 25.1 Å². The number of nitrogens with one attached hydrogen (secondary N) is 1. The van der Waals surface area contributed by atoms with E-state index in [2.05, 4.69) is 30.5 Å². The van der Waals surface area contributed by atoms with Gasteiger partial charge in [-0.2, -0.15) is 18.3 Å². The van der Waals surface area contributed by atoms with Gasteiger partial charge in [0, 0.05) is 18.1 Å². The van der Waals surface area contributed by atoms with Crippen LogP contribution in [-0.2, 0) is 12.7 Å². The molecule has 0 atom stereocenters. The summed E-state index contributed by atoms with van der Waals surface area (Å²) in [5.74, 6) is 0.597. The van der Waals surface area contributed by atoms with Crippen LogP contribution in [-0.4, -0.2) is 25.1 Å². The third-order valence-electron chi connectivity index (χ3n) is 4.24. The Balaban J connectivity index is 1.66. The number of halogens is 3. The fraction of sp³-hybridized carbons (Fsp3) is 0.235. The molecule has 4 aromatic heterocycles. The van der Waals surface area contributed by atoms with Crippen LogP contribution < -0.4 is 5.32 Å². The van der Waals surface area contributed by atoms with Crippen LogP contribution in [0.3, 0.4) is 0 Å². The fourth-order valence-corrected chi connectivity index (χ4v) is 3.79. The van der Waals surface area contributed by atoms with Crippen molar-refractivity contribution in [3.8, 4) is 0 Å². The zero-order valence-corrected chi connectivity index (χ0v) is 15.1. The highest BCUT2D eigenvalue weighted by Gasteiger charge is 2.32. The number of hydrogen-bond acceptors (Lipinski definition) is 7. The van der Waals surface area contributed by atoms with Crippen molar-refractivity contribution >= 4 is 37.6 Å². The molecule has 0 aliphatic carbocycles. The van der Waals surface area contributed by atoms with E-state index in [1.165, 1.54) is 29.9 Å². The van der Waals surface area contributed by atoms with Gasteiger partial charge in [0.05, 0.1) is 15.9 Å². The summed E-state index contributed by atoms with van der Waals surface area (Å²) in [4.78, 5) is 12.9. The average molecular weight is 390 g/mol. The van der Waals surface area contributed by atoms with E-state index in [0.29, 0.717) is 11.4 Å². The molecular weight excluding hydrogens is 377 g/mol. The summed E-state index contributed by atoms with van der Waals surface area (Å²) in [5, 5.41) is 12.5. The first-order valence-electron chi connectivity index (χ1n) is 7.97. The number of aryl methyl sites for hydroxylation is 2. The lowest BCUT2D eigenvalue weighted by Crippen LogP contribution is -2.09. The first kappa shape index (κ1) is 17.5. The second kappa shape index (κ2) is 6.38. The summed E-state index contributed by atoms with van der Waals surface area (Å²) >= 11 is 1.43. The topological polar surface area (TPSA) is 76.5 Å². The third kappa shape index (κ3) is 3.16. The minimum Gasteiger partial charge on any atom is -0.365 e. The summed E-state index contributed by atoms with van der Waals surface area (Å²) in [6.45, 7) is 4.15. The number of rotatable bonds is 3. The van der Waals surface area contributed by atoms with E-state index in [-0.39, 0.29) is 6.54 Å². The Kier molecular flexibility index (Phi) is 4.14. The minimum atomic E-state index is -4.45. The molecule has 0 saturated carbocycles. The van der Waals surface area contributed by atoms with Gasteiger partial charge in [0.1, 0.15) is 22.7 Å². The van der Waals surface area contributed by atoms with Gasteiger partial charge in [-0.3, -0.25) is 4.98 Å². The molecule has 27 heavy (non-hydrogen) atoms. The Bertz CT molecular complexity index is 1140. The Morgan fingerprint density at radius 2 is 1.89 bits per heavy atom. The molecule has 0 fully saturated rings.